The first kappa shape index (κ1) is 14.6. The van der Waals surface area contributed by atoms with E-state index in [9.17, 15) is 14.4 Å². The highest BCUT2D eigenvalue weighted by molar-refractivity contribution is 5.83. The number of carbonyl (C=O) groups excluding carboxylic acids is 1. The lowest BCUT2D eigenvalue weighted by Gasteiger charge is -2.19. The molecule has 0 fully saturated rings. The normalized spacial score (nSPS) is 10.2. The van der Waals surface area contributed by atoms with Crippen molar-refractivity contribution in [3.63, 3.8) is 0 Å². The number of carboxylic acid groups (broad SMARTS) is 1. The summed E-state index contributed by atoms with van der Waals surface area (Å²) in [6.45, 7) is -0.160. The third kappa shape index (κ3) is 4.39. The van der Waals surface area contributed by atoms with Crippen molar-refractivity contribution in [3.05, 3.63) is 22.2 Å². The highest BCUT2D eigenvalue weighted by Crippen LogP contribution is 2.06. The molecule has 0 aliphatic rings. The van der Waals surface area contributed by atoms with Crippen molar-refractivity contribution >= 4 is 17.7 Å². The number of H-pyrrole nitrogens is 1. The molecule has 0 bridgehead atoms. The summed E-state index contributed by atoms with van der Waals surface area (Å²) in [7, 11) is 0. The van der Waals surface area contributed by atoms with E-state index in [4.69, 9.17) is 16.6 Å². The van der Waals surface area contributed by atoms with E-state index in [1.54, 1.807) is 0 Å². The van der Waals surface area contributed by atoms with Crippen molar-refractivity contribution in [2.75, 3.05) is 25.4 Å². The van der Waals surface area contributed by atoms with Gasteiger partial charge in [-0.15, -0.1) is 0 Å². The molecule has 9 nitrogen and oxygen atoms in total. The summed E-state index contributed by atoms with van der Waals surface area (Å²) in [5.41, 5.74) is 10.6. The Morgan fingerprint density at radius 1 is 1.47 bits per heavy atom. The Balaban J connectivity index is 2.80. The zero-order chi connectivity index (χ0) is 14.4. The minimum atomic E-state index is -1.13. The number of anilines is 1. The number of nitrogen functional groups attached to an aromatic ring is 1. The molecule has 0 aliphatic carbocycles. The highest BCUT2D eigenvalue weighted by Gasteiger charge is 2.17. The molecule has 6 N–H and O–H groups in total. The number of nitrogens with one attached hydrogen (secondary N) is 1. The second kappa shape index (κ2) is 6.50. The molecule has 0 radical (unpaired) electrons. The molecular weight excluding hydrogens is 254 g/mol. The van der Waals surface area contributed by atoms with Crippen LogP contribution in [0.5, 0.6) is 0 Å². The number of nitrogens with two attached hydrogens (primary N) is 2. The van der Waals surface area contributed by atoms with Gasteiger partial charge in [0.1, 0.15) is 12.4 Å². The van der Waals surface area contributed by atoms with E-state index in [-0.39, 0.29) is 25.3 Å². The number of hydrogen-bond acceptors (Lipinski definition) is 6. The lowest BCUT2D eigenvalue weighted by atomic mass is 10.2. The van der Waals surface area contributed by atoms with Crippen LogP contribution in [0.2, 0.25) is 0 Å². The smallest absolute Gasteiger partial charge is 0.346 e. The molecule has 104 valence electrons. The molecule has 1 aromatic rings. The van der Waals surface area contributed by atoms with Gasteiger partial charge in [0.05, 0.1) is 6.42 Å². The van der Waals surface area contributed by atoms with E-state index in [0.29, 0.717) is 5.56 Å². The number of aromatic amines is 1. The van der Waals surface area contributed by atoms with Gasteiger partial charge in [-0.1, -0.05) is 0 Å². The molecule has 0 saturated carbocycles. The fourth-order valence-electron chi connectivity index (χ4n) is 1.46. The van der Waals surface area contributed by atoms with Crippen molar-refractivity contribution < 1.29 is 14.7 Å². The molecule has 0 unspecified atom stereocenters. The van der Waals surface area contributed by atoms with Crippen LogP contribution in [0.4, 0.5) is 5.82 Å². The van der Waals surface area contributed by atoms with Gasteiger partial charge in [0.15, 0.2) is 0 Å². The van der Waals surface area contributed by atoms with Gasteiger partial charge in [-0.3, -0.25) is 14.6 Å². The largest absolute Gasteiger partial charge is 0.480 e. The Morgan fingerprint density at radius 3 is 2.68 bits per heavy atom. The molecule has 0 aliphatic heterocycles. The first-order valence-electron chi connectivity index (χ1n) is 5.47. The number of nitrogens with zero attached hydrogens (tertiary/aromatic N) is 2. The molecular formula is C10H15N5O4. The monoisotopic (exact) mass is 269 g/mol. The first-order chi connectivity index (χ1) is 8.93. The van der Waals surface area contributed by atoms with Crippen LogP contribution in [0.15, 0.2) is 11.0 Å². The van der Waals surface area contributed by atoms with Gasteiger partial charge in [0, 0.05) is 24.8 Å². The Bertz CT molecular complexity index is 527. The number of carbonyl (C=O) groups is 2. The van der Waals surface area contributed by atoms with Crippen molar-refractivity contribution in [1.82, 2.24) is 14.9 Å². The zero-order valence-electron chi connectivity index (χ0n) is 10.1. The first-order valence-corrected chi connectivity index (χ1v) is 5.47. The van der Waals surface area contributed by atoms with Gasteiger partial charge in [-0.2, -0.15) is 0 Å². The van der Waals surface area contributed by atoms with E-state index in [0.717, 1.165) is 4.90 Å². The third-order valence-corrected chi connectivity index (χ3v) is 2.34. The minimum absolute atomic E-state index is 0.0383. The summed E-state index contributed by atoms with van der Waals surface area (Å²) in [6.07, 6.45) is 1.04. The molecule has 19 heavy (non-hydrogen) atoms. The number of aliphatic carboxylic acids is 1. The summed E-state index contributed by atoms with van der Waals surface area (Å²) in [4.78, 5) is 40.2. The summed E-state index contributed by atoms with van der Waals surface area (Å²) in [5, 5.41) is 8.70. The predicted molar refractivity (Wildman–Crippen MR) is 66.2 cm³/mol. The van der Waals surface area contributed by atoms with E-state index >= 15 is 0 Å². The van der Waals surface area contributed by atoms with Gasteiger partial charge in [-0.25, -0.2) is 9.78 Å². The lowest BCUT2D eigenvalue weighted by Crippen LogP contribution is -2.40. The van der Waals surface area contributed by atoms with E-state index in [1.165, 1.54) is 6.20 Å². The van der Waals surface area contributed by atoms with Crippen molar-refractivity contribution in [2.45, 2.75) is 6.42 Å². The number of aromatic nitrogens is 2. The van der Waals surface area contributed by atoms with Crippen LogP contribution in [0.3, 0.4) is 0 Å². The summed E-state index contributed by atoms with van der Waals surface area (Å²) in [6, 6.07) is 0. The van der Waals surface area contributed by atoms with Crippen molar-refractivity contribution in [2.24, 2.45) is 5.73 Å². The van der Waals surface area contributed by atoms with E-state index in [2.05, 4.69) is 9.97 Å². The molecule has 0 saturated heterocycles. The topological polar surface area (TPSA) is 155 Å². The number of rotatable bonds is 6. The molecule has 1 heterocycles. The minimum Gasteiger partial charge on any atom is -0.480 e. The van der Waals surface area contributed by atoms with Gasteiger partial charge in [0.2, 0.25) is 5.91 Å². The van der Waals surface area contributed by atoms with Crippen LogP contribution in [0.25, 0.3) is 0 Å². The Hall–Kier alpha value is -2.42. The van der Waals surface area contributed by atoms with Crippen LogP contribution in [-0.4, -0.2) is 51.5 Å². The number of carboxylic acids is 1. The highest BCUT2D eigenvalue weighted by atomic mass is 16.4. The molecule has 0 spiro atoms. The van der Waals surface area contributed by atoms with Crippen LogP contribution in [0, 0.1) is 0 Å². The molecule has 1 aromatic heterocycles. The molecule has 1 rings (SSSR count). The van der Waals surface area contributed by atoms with E-state index < -0.39 is 24.1 Å². The quantitative estimate of drug-likeness (QED) is 0.455. The fraction of sp³-hybridized carbons (Fsp3) is 0.400. The molecule has 9 heteroatoms. The Kier molecular flexibility index (Phi) is 5.01. The SMILES string of the molecule is NCCN(CC(=O)O)C(=O)Cc1cnc(=O)[nH]c1N. The zero-order valence-corrected chi connectivity index (χ0v) is 10.1. The van der Waals surface area contributed by atoms with Crippen LogP contribution < -0.4 is 17.2 Å². The van der Waals surface area contributed by atoms with Gasteiger partial charge >= 0.3 is 11.7 Å². The number of hydrogen-bond donors (Lipinski definition) is 4. The number of amides is 1. The van der Waals surface area contributed by atoms with Gasteiger partial charge < -0.3 is 21.5 Å². The average molecular weight is 269 g/mol. The maximum Gasteiger partial charge on any atom is 0.346 e. The van der Waals surface area contributed by atoms with Crippen LogP contribution in [-0.2, 0) is 16.0 Å². The Labute approximate surface area is 108 Å². The van der Waals surface area contributed by atoms with Crippen molar-refractivity contribution in [1.29, 1.82) is 0 Å². The fourth-order valence-corrected chi connectivity index (χ4v) is 1.46. The molecule has 0 atom stereocenters. The van der Waals surface area contributed by atoms with Gasteiger partial charge in [0.25, 0.3) is 0 Å². The average Bonchev–Trinajstić information content (AvgIpc) is 2.31. The summed E-state index contributed by atoms with van der Waals surface area (Å²) >= 11 is 0. The maximum atomic E-state index is 11.9. The standard InChI is InChI=1S/C10H15N5O4/c11-1-2-15(5-8(17)18)7(16)3-6-4-13-10(19)14-9(6)12/h4H,1-3,5,11H2,(H,17,18)(H3,12,13,14,19). The van der Waals surface area contributed by atoms with Crippen LogP contribution >= 0.6 is 0 Å². The van der Waals surface area contributed by atoms with Gasteiger partial charge in [-0.05, 0) is 0 Å². The van der Waals surface area contributed by atoms with Crippen LogP contribution in [0.1, 0.15) is 5.56 Å². The van der Waals surface area contributed by atoms with Crippen molar-refractivity contribution in [3.8, 4) is 0 Å². The molecule has 1 amide bonds. The second-order valence-corrected chi connectivity index (χ2v) is 3.80. The molecule has 0 aromatic carbocycles. The summed E-state index contributed by atoms with van der Waals surface area (Å²) < 4.78 is 0. The summed E-state index contributed by atoms with van der Waals surface area (Å²) in [5.74, 6) is -1.54. The second-order valence-electron chi connectivity index (χ2n) is 3.80. The third-order valence-electron chi connectivity index (χ3n) is 2.34. The Morgan fingerprint density at radius 2 is 2.16 bits per heavy atom. The van der Waals surface area contributed by atoms with E-state index in [1.807, 2.05) is 0 Å². The maximum absolute atomic E-state index is 11.9. The lowest BCUT2D eigenvalue weighted by molar-refractivity contribution is -0.144. The predicted octanol–water partition coefficient (Wildman–Crippen LogP) is -2.23.